The highest BCUT2D eigenvalue weighted by molar-refractivity contribution is 9.10. The van der Waals surface area contributed by atoms with Gasteiger partial charge in [0, 0.05) is 21.8 Å². The van der Waals surface area contributed by atoms with Crippen molar-refractivity contribution in [2.24, 2.45) is 4.99 Å². The number of nitrogens with zero attached hydrogens (tertiary/aromatic N) is 1. The fourth-order valence-corrected chi connectivity index (χ4v) is 2.79. The average Bonchev–Trinajstić information content (AvgIpc) is 2.84. The first-order valence-electron chi connectivity index (χ1n) is 5.11. The molecular weight excluding hydrogens is 316 g/mol. The average molecular weight is 323 g/mol. The van der Waals surface area contributed by atoms with E-state index in [2.05, 4.69) is 25.9 Å². The van der Waals surface area contributed by atoms with Crippen LogP contribution < -0.4 is 4.87 Å². The van der Waals surface area contributed by atoms with Crippen molar-refractivity contribution < 1.29 is 5.11 Å². The van der Waals surface area contributed by atoms with Crippen molar-refractivity contribution in [1.29, 1.82) is 0 Å². The zero-order valence-electron chi connectivity index (χ0n) is 8.98. The summed E-state index contributed by atoms with van der Waals surface area (Å²) in [6.45, 7) is 0. The molecule has 1 aliphatic heterocycles. The molecule has 0 fully saturated rings. The molecule has 0 radical (unpaired) electrons. The van der Waals surface area contributed by atoms with Gasteiger partial charge >= 0.3 is 4.87 Å². The van der Waals surface area contributed by atoms with E-state index < -0.39 is 0 Å². The number of benzene rings is 1. The molecule has 0 atom stereocenters. The van der Waals surface area contributed by atoms with Crippen molar-refractivity contribution in [2.45, 2.75) is 0 Å². The SMILES string of the molecule is O=c1[nH]c(O)c(C=C2C=Nc3ccc(Br)cc32)s1. The molecule has 90 valence electrons. The molecule has 18 heavy (non-hydrogen) atoms. The second-order valence-corrected chi connectivity index (χ2v) is 5.68. The lowest BCUT2D eigenvalue weighted by Crippen LogP contribution is -1.89. The molecule has 2 N–H and O–H groups in total. The second kappa shape index (κ2) is 4.22. The molecule has 1 aliphatic rings. The maximum Gasteiger partial charge on any atom is 0.307 e. The van der Waals surface area contributed by atoms with E-state index in [1.165, 1.54) is 0 Å². The minimum atomic E-state index is -0.274. The molecule has 0 unspecified atom stereocenters. The highest BCUT2D eigenvalue weighted by Crippen LogP contribution is 2.35. The summed E-state index contributed by atoms with van der Waals surface area (Å²) in [7, 11) is 0. The van der Waals surface area contributed by atoms with Gasteiger partial charge in [0.1, 0.15) is 0 Å². The lowest BCUT2D eigenvalue weighted by atomic mass is 10.1. The predicted molar refractivity (Wildman–Crippen MR) is 76.8 cm³/mol. The van der Waals surface area contributed by atoms with Crippen LogP contribution in [0.5, 0.6) is 5.88 Å². The smallest absolute Gasteiger partial charge is 0.307 e. The highest BCUT2D eigenvalue weighted by Gasteiger charge is 2.14. The van der Waals surface area contributed by atoms with Gasteiger partial charge in [-0.3, -0.25) is 14.8 Å². The number of halogens is 1. The third-order valence-electron chi connectivity index (χ3n) is 2.56. The molecule has 0 bridgehead atoms. The van der Waals surface area contributed by atoms with Crippen LogP contribution in [0.2, 0.25) is 0 Å². The lowest BCUT2D eigenvalue weighted by molar-refractivity contribution is 0.455. The molecular formula is C12H7BrN2O2S. The molecule has 0 saturated carbocycles. The molecule has 1 aromatic carbocycles. The summed E-state index contributed by atoms with van der Waals surface area (Å²) >= 11 is 4.38. The van der Waals surface area contributed by atoms with E-state index in [1.807, 2.05) is 18.2 Å². The van der Waals surface area contributed by atoms with Crippen LogP contribution >= 0.6 is 27.3 Å². The van der Waals surface area contributed by atoms with Gasteiger partial charge in [-0.05, 0) is 24.3 Å². The number of aromatic amines is 1. The van der Waals surface area contributed by atoms with Crippen LogP contribution in [0, 0.1) is 0 Å². The number of H-pyrrole nitrogens is 1. The number of allylic oxidation sites excluding steroid dienone is 1. The van der Waals surface area contributed by atoms with Crippen molar-refractivity contribution >= 4 is 50.8 Å². The van der Waals surface area contributed by atoms with Crippen LogP contribution in [0.15, 0.2) is 32.5 Å². The lowest BCUT2D eigenvalue weighted by Gasteiger charge is -1.99. The molecule has 4 nitrogen and oxygen atoms in total. The third kappa shape index (κ3) is 1.93. The maximum absolute atomic E-state index is 11.1. The number of aromatic hydroxyl groups is 1. The summed E-state index contributed by atoms with van der Waals surface area (Å²) in [4.78, 5) is 18.0. The van der Waals surface area contributed by atoms with Gasteiger partial charge in [-0.2, -0.15) is 0 Å². The van der Waals surface area contributed by atoms with Gasteiger partial charge in [0.25, 0.3) is 0 Å². The van der Waals surface area contributed by atoms with Gasteiger partial charge in [0.2, 0.25) is 5.88 Å². The Balaban J connectivity index is 2.11. The first kappa shape index (κ1) is 11.4. The number of aromatic nitrogens is 1. The van der Waals surface area contributed by atoms with Crippen molar-refractivity contribution in [3.05, 3.63) is 42.8 Å². The maximum atomic E-state index is 11.1. The van der Waals surface area contributed by atoms with Gasteiger partial charge in [-0.15, -0.1) is 0 Å². The molecule has 1 aromatic heterocycles. The van der Waals surface area contributed by atoms with Crippen molar-refractivity contribution in [3.8, 4) is 5.88 Å². The quantitative estimate of drug-likeness (QED) is 0.847. The fraction of sp³-hybridized carbons (Fsp3) is 0. The Morgan fingerprint density at radius 3 is 3.00 bits per heavy atom. The van der Waals surface area contributed by atoms with E-state index in [1.54, 1.807) is 12.3 Å². The van der Waals surface area contributed by atoms with Gasteiger partial charge in [0.15, 0.2) is 0 Å². The molecule has 0 saturated heterocycles. The van der Waals surface area contributed by atoms with Crippen LogP contribution in [0.3, 0.4) is 0 Å². The minimum absolute atomic E-state index is 0.102. The number of hydrogen-bond donors (Lipinski definition) is 2. The molecule has 3 rings (SSSR count). The van der Waals surface area contributed by atoms with E-state index in [0.29, 0.717) is 4.88 Å². The second-order valence-electron chi connectivity index (χ2n) is 3.75. The summed E-state index contributed by atoms with van der Waals surface area (Å²) in [6.07, 6.45) is 3.47. The largest absolute Gasteiger partial charge is 0.493 e. The van der Waals surface area contributed by atoms with Gasteiger partial charge in [-0.25, -0.2) is 0 Å². The van der Waals surface area contributed by atoms with Crippen molar-refractivity contribution in [2.75, 3.05) is 0 Å². The van der Waals surface area contributed by atoms with E-state index in [-0.39, 0.29) is 10.8 Å². The Bertz CT molecular complexity index is 743. The Kier molecular flexibility index (Phi) is 2.68. The summed E-state index contributed by atoms with van der Waals surface area (Å²) < 4.78 is 0.962. The summed E-state index contributed by atoms with van der Waals surface area (Å²) in [5, 5.41) is 9.55. The normalized spacial score (nSPS) is 15.3. The Labute approximate surface area is 114 Å². The van der Waals surface area contributed by atoms with Crippen molar-refractivity contribution in [1.82, 2.24) is 4.98 Å². The summed E-state index contributed by atoms with van der Waals surface area (Å²) in [6, 6.07) is 5.79. The number of fused-ring (bicyclic) bond motifs is 1. The standard InChI is InChI=1S/C12H7BrN2O2S/c13-7-1-2-9-8(4-7)6(5-14-9)3-10-11(16)15-12(17)18-10/h1-5,16H,(H,15,17). The van der Waals surface area contributed by atoms with Crippen LogP contribution in [0.25, 0.3) is 11.6 Å². The molecule has 2 heterocycles. The van der Waals surface area contributed by atoms with E-state index in [9.17, 15) is 9.90 Å². The number of thiazole rings is 1. The van der Waals surface area contributed by atoms with Crippen molar-refractivity contribution in [3.63, 3.8) is 0 Å². The monoisotopic (exact) mass is 322 g/mol. The first-order valence-corrected chi connectivity index (χ1v) is 6.72. The number of hydrogen-bond acceptors (Lipinski definition) is 4. The number of rotatable bonds is 1. The third-order valence-corrected chi connectivity index (χ3v) is 3.87. The highest BCUT2D eigenvalue weighted by atomic mass is 79.9. The summed E-state index contributed by atoms with van der Waals surface area (Å²) in [5.41, 5.74) is 2.73. The van der Waals surface area contributed by atoms with Gasteiger partial charge in [-0.1, -0.05) is 27.3 Å². The molecule has 0 aliphatic carbocycles. The zero-order valence-corrected chi connectivity index (χ0v) is 11.4. The number of aliphatic imine (C=N–C) groups is 1. The Morgan fingerprint density at radius 2 is 2.28 bits per heavy atom. The van der Waals surface area contributed by atoms with Crippen LogP contribution in [-0.2, 0) is 0 Å². The predicted octanol–water partition coefficient (Wildman–Crippen LogP) is 3.16. The van der Waals surface area contributed by atoms with E-state index in [0.717, 1.165) is 32.6 Å². The zero-order chi connectivity index (χ0) is 12.7. The molecule has 6 heteroatoms. The fourth-order valence-electron chi connectivity index (χ4n) is 1.75. The van der Waals surface area contributed by atoms with Gasteiger partial charge < -0.3 is 5.11 Å². The number of nitrogens with one attached hydrogen (secondary N) is 1. The molecule has 0 amide bonds. The van der Waals surface area contributed by atoms with Crippen LogP contribution in [0.4, 0.5) is 5.69 Å². The Morgan fingerprint density at radius 1 is 1.44 bits per heavy atom. The first-order chi connectivity index (χ1) is 8.63. The molecule has 2 aromatic rings. The van der Waals surface area contributed by atoms with Crippen LogP contribution in [-0.4, -0.2) is 16.3 Å². The van der Waals surface area contributed by atoms with Gasteiger partial charge in [0.05, 0.1) is 10.6 Å². The molecule has 0 spiro atoms. The topological polar surface area (TPSA) is 65.5 Å². The minimum Gasteiger partial charge on any atom is -0.493 e. The summed E-state index contributed by atoms with van der Waals surface area (Å²) in [5.74, 6) is -0.102. The van der Waals surface area contributed by atoms with E-state index >= 15 is 0 Å². The Hall–Kier alpha value is -1.66. The van der Waals surface area contributed by atoms with E-state index in [4.69, 9.17) is 0 Å². The van der Waals surface area contributed by atoms with Crippen LogP contribution in [0.1, 0.15) is 10.4 Å².